The number of unbranched alkanes of at least 4 members (excludes halogenated alkanes) is 1. The van der Waals surface area contributed by atoms with Gasteiger partial charge < -0.3 is 4.43 Å². The van der Waals surface area contributed by atoms with E-state index < -0.39 is 8.32 Å². The van der Waals surface area contributed by atoms with Gasteiger partial charge in [0.25, 0.3) is 0 Å². The van der Waals surface area contributed by atoms with Gasteiger partial charge in [-0.25, -0.2) is 0 Å². The van der Waals surface area contributed by atoms with E-state index in [9.17, 15) is 0 Å². The Morgan fingerprint density at radius 3 is 2.40 bits per heavy atom. The first kappa shape index (κ1) is 12.3. The summed E-state index contributed by atoms with van der Waals surface area (Å²) in [5.41, 5.74) is 1.36. The van der Waals surface area contributed by atoms with Gasteiger partial charge >= 0.3 is 0 Å². The molecule has 0 saturated carbocycles. The number of rotatable bonds is 5. The first-order chi connectivity index (χ1) is 7.03. The van der Waals surface area contributed by atoms with E-state index in [-0.39, 0.29) is 0 Å². The molecule has 84 valence electrons. The van der Waals surface area contributed by atoms with Crippen LogP contribution >= 0.6 is 0 Å². The summed E-state index contributed by atoms with van der Waals surface area (Å²) in [6, 6.07) is 8.45. The van der Waals surface area contributed by atoms with Crippen molar-refractivity contribution in [2.24, 2.45) is 0 Å². The first-order valence-electron chi connectivity index (χ1n) is 5.80. The van der Waals surface area contributed by atoms with Crippen LogP contribution in [0.25, 0.3) is 0 Å². The van der Waals surface area contributed by atoms with Crippen LogP contribution in [0.5, 0.6) is 5.75 Å². The number of benzene rings is 1. The highest BCUT2D eigenvalue weighted by Crippen LogP contribution is 2.23. The topological polar surface area (TPSA) is 9.23 Å². The predicted octanol–water partition coefficient (Wildman–Crippen LogP) is 4.24. The van der Waals surface area contributed by atoms with Gasteiger partial charge in [-0.3, -0.25) is 0 Å². The fourth-order valence-electron chi connectivity index (χ4n) is 1.51. The summed E-state index contributed by atoms with van der Waals surface area (Å²) in [5, 5.41) is 0. The summed E-state index contributed by atoms with van der Waals surface area (Å²) in [6.07, 6.45) is 3.62. The minimum absolute atomic E-state index is 1.10. The molecule has 0 atom stereocenters. The van der Waals surface area contributed by atoms with E-state index in [1.165, 1.54) is 18.4 Å². The molecule has 1 aromatic rings. The van der Waals surface area contributed by atoms with Crippen molar-refractivity contribution in [2.45, 2.75) is 45.8 Å². The Labute approximate surface area is 94.6 Å². The summed E-state index contributed by atoms with van der Waals surface area (Å²) in [5.74, 6) is 1.10. The molecule has 0 heterocycles. The summed E-state index contributed by atoms with van der Waals surface area (Å²) in [6.45, 7) is 8.90. The molecule has 1 rings (SSSR count). The maximum atomic E-state index is 6.07. The molecular formula is C13H22OSi. The van der Waals surface area contributed by atoms with Crippen molar-refractivity contribution < 1.29 is 4.43 Å². The molecule has 0 aliphatic heterocycles. The van der Waals surface area contributed by atoms with E-state index >= 15 is 0 Å². The van der Waals surface area contributed by atoms with Gasteiger partial charge in [-0.2, -0.15) is 0 Å². The number of aryl methyl sites for hydroxylation is 1. The van der Waals surface area contributed by atoms with Crippen molar-refractivity contribution >= 4 is 8.32 Å². The SMILES string of the molecule is CCCCc1ccccc1O[Si](C)(C)C. The minimum atomic E-state index is -1.47. The Morgan fingerprint density at radius 2 is 1.80 bits per heavy atom. The predicted molar refractivity (Wildman–Crippen MR) is 69.0 cm³/mol. The van der Waals surface area contributed by atoms with E-state index in [0.717, 1.165) is 12.2 Å². The lowest BCUT2D eigenvalue weighted by Crippen LogP contribution is -2.29. The van der Waals surface area contributed by atoms with Gasteiger partial charge in [-0.1, -0.05) is 31.5 Å². The molecule has 0 fully saturated rings. The van der Waals surface area contributed by atoms with Crippen molar-refractivity contribution in [2.75, 3.05) is 0 Å². The largest absolute Gasteiger partial charge is 0.544 e. The second-order valence-electron chi connectivity index (χ2n) is 4.93. The Morgan fingerprint density at radius 1 is 1.13 bits per heavy atom. The Balaban J connectivity index is 2.77. The van der Waals surface area contributed by atoms with Crippen molar-refractivity contribution in [3.63, 3.8) is 0 Å². The molecule has 1 aromatic carbocycles. The van der Waals surface area contributed by atoms with Crippen LogP contribution in [0.3, 0.4) is 0 Å². The lowest BCUT2D eigenvalue weighted by molar-refractivity contribution is 0.547. The molecule has 2 heteroatoms. The zero-order valence-corrected chi connectivity index (χ0v) is 11.3. The molecule has 1 nitrogen and oxygen atoms in total. The highest BCUT2D eigenvalue weighted by atomic mass is 28.4. The van der Waals surface area contributed by atoms with Gasteiger partial charge in [0.15, 0.2) is 0 Å². The highest BCUT2D eigenvalue weighted by molar-refractivity contribution is 6.70. The van der Waals surface area contributed by atoms with Crippen LogP contribution in [0.4, 0.5) is 0 Å². The Kier molecular flexibility index (Phi) is 4.39. The third kappa shape index (κ3) is 4.52. The quantitative estimate of drug-likeness (QED) is 0.677. The lowest BCUT2D eigenvalue weighted by Gasteiger charge is -2.21. The van der Waals surface area contributed by atoms with Gasteiger partial charge in [0.2, 0.25) is 8.32 Å². The fourth-order valence-corrected chi connectivity index (χ4v) is 2.37. The third-order valence-corrected chi connectivity index (χ3v) is 3.02. The first-order valence-corrected chi connectivity index (χ1v) is 9.20. The van der Waals surface area contributed by atoms with Gasteiger partial charge in [-0.15, -0.1) is 0 Å². The average Bonchev–Trinajstić information content (AvgIpc) is 2.14. The average molecular weight is 222 g/mol. The monoisotopic (exact) mass is 222 g/mol. The number of hydrogen-bond donors (Lipinski definition) is 0. The maximum absolute atomic E-state index is 6.07. The molecule has 0 bridgehead atoms. The van der Waals surface area contributed by atoms with Crippen molar-refractivity contribution in [1.82, 2.24) is 0 Å². The van der Waals surface area contributed by atoms with Crippen LogP contribution < -0.4 is 4.43 Å². The summed E-state index contributed by atoms with van der Waals surface area (Å²) in [7, 11) is -1.47. The Hall–Kier alpha value is -0.763. The zero-order valence-electron chi connectivity index (χ0n) is 10.3. The van der Waals surface area contributed by atoms with E-state index in [4.69, 9.17) is 4.43 Å². The van der Waals surface area contributed by atoms with E-state index in [2.05, 4.69) is 50.8 Å². The van der Waals surface area contributed by atoms with E-state index in [1.807, 2.05) is 0 Å². The van der Waals surface area contributed by atoms with Crippen molar-refractivity contribution in [3.8, 4) is 5.75 Å². The molecule has 0 aromatic heterocycles. The molecule has 0 spiro atoms. The van der Waals surface area contributed by atoms with Crippen LogP contribution in [0.15, 0.2) is 24.3 Å². The van der Waals surface area contributed by atoms with Gasteiger partial charge in [0.05, 0.1) is 0 Å². The number of para-hydroxylation sites is 1. The van der Waals surface area contributed by atoms with Crippen LogP contribution in [-0.2, 0) is 6.42 Å². The minimum Gasteiger partial charge on any atom is -0.544 e. The highest BCUT2D eigenvalue weighted by Gasteiger charge is 2.17. The fraction of sp³-hybridized carbons (Fsp3) is 0.538. The van der Waals surface area contributed by atoms with E-state index in [1.54, 1.807) is 0 Å². The van der Waals surface area contributed by atoms with Crippen LogP contribution in [-0.4, -0.2) is 8.32 Å². The van der Waals surface area contributed by atoms with Crippen molar-refractivity contribution in [1.29, 1.82) is 0 Å². The molecule has 0 unspecified atom stereocenters. The maximum Gasteiger partial charge on any atom is 0.242 e. The summed E-state index contributed by atoms with van der Waals surface area (Å²) >= 11 is 0. The van der Waals surface area contributed by atoms with Crippen LogP contribution in [0.2, 0.25) is 19.6 Å². The molecule has 0 N–H and O–H groups in total. The molecule has 0 radical (unpaired) electrons. The standard InChI is InChI=1S/C13H22OSi/c1-5-6-9-12-10-7-8-11-13(12)14-15(2,3)4/h7-8,10-11H,5-6,9H2,1-4H3. The van der Waals surface area contributed by atoms with Gasteiger partial charge in [-0.05, 0) is 44.1 Å². The van der Waals surface area contributed by atoms with Crippen LogP contribution in [0, 0.1) is 0 Å². The number of hydrogen-bond acceptors (Lipinski definition) is 1. The molecule has 0 amide bonds. The summed E-state index contributed by atoms with van der Waals surface area (Å²) < 4.78 is 6.07. The molecular weight excluding hydrogens is 200 g/mol. The molecule has 0 saturated heterocycles. The van der Waals surface area contributed by atoms with Crippen molar-refractivity contribution in [3.05, 3.63) is 29.8 Å². The van der Waals surface area contributed by atoms with E-state index in [0.29, 0.717) is 0 Å². The van der Waals surface area contributed by atoms with Gasteiger partial charge in [0, 0.05) is 0 Å². The molecule has 0 aliphatic carbocycles. The lowest BCUT2D eigenvalue weighted by atomic mass is 10.1. The zero-order chi connectivity index (χ0) is 11.3. The normalized spacial score (nSPS) is 11.5. The smallest absolute Gasteiger partial charge is 0.242 e. The molecule has 15 heavy (non-hydrogen) atoms. The summed E-state index contributed by atoms with van der Waals surface area (Å²) in [4.78, 5) is 0. The molecule has 0 aliphatic rings. The van der Waals surface area contributed by atoms with Crippen LogP contribution in [0.1, 0.15) is 25.3 Å². The Bertz CT molecular complexity index is 302. The second-order valence-corrected chi connectivity index (χ2v) is 9.35. The third-order valence-electron chi connectivity index (χ3n) is 2.19. The second kappa shape index (κ2) is 5.36. The van der Waals surface area contributed by atoms with Gasteiger partial charge in [0.1, 0.15) is 5.75 Å².